The van der Waals surface area contributed by atoms with Crippen LogP contribution in [0.15, 0.2) is 0 Å². The maximum Gasteiger partial charge on any atom is 0.236 e. The monoisotopic (exact) mass is 220 g/mol. The maximum atomic E-state index is 11.4. The van der Waals surface area contributed by atoms with Gasteiger partial charge in [-0.15, -0.1) is 12.4 Å². The van der Waals surface area contributed by atoms with E-state index in [1.807, 2.05) is 4.90 Å². The van der Waals surface area contributed by atoms with Crippen molar-refractivity contribution in [1.82, 2.24) is 10.2 Å². The van der Waals surface area contributed by atoms with Crippen LogP contribution in [0.2, 0.25) is 0 Å². The van der Waals surface area contributed by atoms with Crippen LogP contribution in [-0.2, 0) is 4.79 Å². The number of nitrogens with zero attached hydrogens (tertiary/aromatic N) is 1. The molecule has 14 heavy (non-hydrogen) atoms. The Hall–Kier alpha value is -0.320. The molecule has 1 saturated heterocycles. The van der Waals surface area contributed by atoms with Crippen molar-refractivity contribution in [2.24, 2.45) is 5.92 Å². The summed E-state index contributed by atoms with van der Waals surface area (Å²) in [5.74, 6) is 0.653. The van der Waals surface area contributed by atoms with Crippen molar-refractivity contribution in [3.8, 4) is 0 Å². The quantitative estimate of drug-likeness (QED) is 0.667. The highest BCUT2D eigenvalue weighted by Gasteiger charge is 2.35. The predicted molar refractivity (Wildman–Crippen MR) is 55.4 cm³/mol. The average Bonchev–Trinajstić information content (AvgIpc) is 2.06. The third kappa shape index (κ3) is 2.19. The number of carbonyl (C=O) groups excluding carboxylic acids is 1. The molecule has 4 nitrogen and oxygen atoms in total. The number of aliphatic hydroxyl groups is 1. The maximum absolute atomic E-state index is 11.4. The molecule has 2 aliphatic rings. The Morgan fingerprint density at radius 1 is 1.50 bits per heavy atom. The van der Waals surface area contributed by atoms with Gasteiger partial charge in [0.2, 0.25) is 5.91 Å². The molecule has 1 saturated carbocycles. The lowest BCUT2D eigenvalue weighted by atomic mass is 9.79. The summed E-state index contributed by atoms with van der Waals surface area (Å²) in [6.07, 6.45) is 1.98. The topological polar surface area (TPSA) is 52.6 Å². The molecule has 0 spiro atoms. The standard InChI is InChI=1S/C9H16N2O2.ClH/c12-6-7-3-8(4-7)11-2-1-10-5-9(11)13;/h7-8,10,12H,1-6H2;1H. The summed E-state index contributed by atoms with van der Waals surface area (Å²) in [6.45, 7) is 2.50. The molecule has 0 unspecified atom stereocenters. The van der Waals surface area contributed by atoms with Crippen LogP contribution in [-0.4, -0.2) is 48.2 Å². The number of aliphatic hydroxyl groups excluding tert-OH is 1. The zero-order valence-electron chi connectivity index (χ0n) is 8.11. The number of nitrogens with one attached hydrogen (secondary N) is 1. The van der Waals surface area contributed by atoms with Gasteiger partial charge in [0, 0.05) is 25.7 Å². The Morgan fingerprint density at radius 3 is 2.79 bits per heavy atom. The van der Waals surface area contributed by atoms with Gasteiger partial charge in [0.05, 0.1) is 6.54 Å². The van der Waals surface area contributed by atoms with Gasteiger partial charge in [-0.1, -0.05) is 0 Å². The molecular weight excluding hydrogens is 204 g/mol. The Bertz CT molecular complexity index is 207. The van der Waals surface area contributed by atoms with Gasteiger partial charge in [-0.25, -0.2) is 0 Å². The summed E-state index contributed by atoms with van der Waals surface area (Å²) in [4.78, 5) is 13.4. The molecule has 0 radical (unpaired) electrons. The van der Waals surface area contributed by atoms with Crippen LogP contribution in [0.1, 0.15) is 12.8 Å². The van der Waals surface area contributed by atoms with Gasteiger partial charge in [0.1, 0.15) is 0 Å². The van der Waals surface area contributed by atoms with Crippen LogP contribution in [0, 0.1) is 5.92 Å². The second-order valence-corrected chi connectivity index (χ2v) is 3.94. The Labute approximate surface area is 90.1 Å². The van der Waals surface area contributed by atoms with E-state index in [-0.39, 0.29) is 24.9 Å². The van der Waals surface area contributed by atoms with Crippen molar-refractivity contribution in [2.75, 3.05) is 26.2 Å². The fraction of sp³-hybridized carbons (Fsp3) is 0.889. The average molecular weight is 221 g/mol. The van der Waals surface area contributed by atoms with Gasteiger partial charge in [0.15, 0.2) is 0 Å². The number of amides is 1. The Kier molecular flexibility index (Phi) is 4.16. The molecule has 1 heterocycles. The Balaban J connectivity index is 0.000000980. The summed E-state index contributed by atoms with van der Waals surface area (Å²) >= 11 is 0. The van der Waals surface area contributed by atoms with Crippen molar-refractivity contribution < 1.29 is 9.90 Å². The number of rotatable bonds is 2. The molecule has 1 aliphatic heterocycles. The largest absolute Gasteiger partial charge is 0.396 e. The minimum Gasteiger partial charge on any atom is -0.396 e. The summed E-state index contributed by atoms with van der Waals surface area (Å²) in [6, 6.07) is 0.409. The first-order valence-corrected chi connectivity index (χ1v) is 4.92. The van der Waals surface area contributed by atoms with Crippen LogP contribution in [0.5, 0.6) is 0 Å². The van der Waals surface area contributed by atoms with Gasteiger partial charge in [0.25, 0.3) is 0 Å². The van der Waals surface area contributed by atoms with E-state index in [1.165, 1.54) is 0 Å². The van der Waals surface area contributed by atoms with Gasteiger partial charge in [-0.3, -0.25) is 4.79 Å². The molecule has 0 bridgehead atoms. The normalized spacial score (nSPS) is 32.1. The van der Waals surface area contributed by atoms with Crippen LogP contribution < -0.4 is 5.32 Å². The minimum absolute atomic E-state index is 0. The predicted octanol–water partition coefficient (Wildman–Crippen LogP) is -0.389. The number of piperazine rings is 1. The van der Waals surface area contributed by atoms with E-state index in [0.717, 1.165) is 25.9 Å². The SMILES string of the molecule is Cl.O=C1CNCCN1C1CC(CO)C1. The molecule has 0 aromatic rings. The lowest BCUT2D eigenvalue weighted by molar-refractivity contribution is -0.137. The van der Waals surface area contributed by atoms with Crippen molar-refractivity contribution in [3.63, 3.8) is 0 Å². The highest BCUT2D eigenvalue weighted by Crippen LogP contribution is 2.31. The van der Waals surface area contributed by atoms with E-state index in [2.05, 4.69) is 5.32 Å². The van der Waals surface area contributed by atoms with Gasteiger partial charge in [-0.2, -0.15) is 0 Å². The molecule has 1 aliphatic carbocycles. The minimum atomic E-state index is 0. The molecule has 0 aromatic carbocycles. The van der Waals surface area contributed by atoms with Gasteiger partial charge in [-0.05, 0) is 18.8 Å². The molecule has 1 amide bonds. The van der Waals surface area contributed by atoms with Crippen molar-refractivity contribution in [3.05, 3.63) is 0 Å². The number of halogens is 1. The number of carbonyl (C=O) groups is 1. The first-order valence-electron chi connectivity index (χ1n) is 4.92. The summed E-state index contributed by atoms with van der Waals surface area (Å²) < 4.78 is 0. The van der Waals surface area contributed by atoms with Crippen LogP contribution in [0.3, 0.4) is 0 Å². The zero-order chi connectivity index (χ0) is 9.26. The van der Waals surface area contributed by atoms with E-state index in [9.17, 15) is 4.79 Å². The highest BCUT2D eigenvalue weighted by molar-refractivity contribution is 5.85. The van der Waals surface area contributed by atoms with E-state index >= 15 is 0 Å². The lowest BCUT2D eigenvalue weighted by Crippen LogP contribution is -2.56. The Morgan fingerprint density at radius 2 is 2.21 bits per heavy atom. The molecule has 2 fully saturated rings. The summed E-state index contributed by atoms with van der Waals surface area (Å²) in [5.41, 5.74) is 0. The fourth-order valence-electron chi connectivity index (χ4n) is 2.11. The summed E-state index contributed by atoms with van der Waals surface area (Å²) in [7, 11) is 0. The lowest BCUT2D eigenvalue weighted by Gasteiger charge is -2.44. The molecule has 2 rings (SSSR count). The van der Waals surface area contributed by atoms with E-state index in [4.69, 9.17) is 5.11 Å². The summed E-state index contributed by atoms with van der Waals surface area (Å²) in [5, 5.41) is 11.9. The van der Waals surface area contributed by atoms with E-state index in [1.54, 1.807) is 0 Å². The van der Waals surface area contributed by atoms with Crippen molar-refractivity contribution >= 4 is 18.3 Å². The van der Waals surface area contributed by atoms with Crippen molar-refractivity contribution in [1.29, 1.82) is 0 Å². The first kappa shape index (κ1) is 11.8. The molecule has 0 aromatic heterocycles. The fourth-order valence-corrected chi connectivity index (χ4v) is 2.11. The number of hydrogen-bond donors (Lipinski definition) is 2. The van der Waals surface area contributed by atoms with Crippen LogP contribution in [0.25, 0.3) is 0 Å². The smallest absolute Gasteiger partial charge is 0.236 e. The molecule has 5 heteroatoms. The first-order chi connectivity index (χ1) is 6.31. The third-order valence-corrected chi connectivity index (χ3v) is 3.04. The van der Waals surface area contributed by atoms with Crippen molar-refractivity contribution in [2.45, 2.75) is 18.9 Å². The number of hydrogen-bond acceptors (Lipinski definition) is 3. The zero-order valence-corrected chi connectivity index (χ0v) is 8.92. The van der Waals surface area contributed by atoms with Gasteiger partial charge >= 0.3 is 0 Å². The van der Waals surface area contributed by atoms with Gasteiger partial charge < -0.3 is 15.3 Å². The van der Waals surface area contributed by atoms with E-state index < -0.39 is 0 Å². The molecule has 0 atom stereocenters. The second kappa shape index (κ2) is 4.96. The molecular formula is C9H17ClN2O2. The van der Waals surface area contributed by atoms with E-state index in [0.29, 0.717) is 18.5 Å². The second-order valence-electron chi connectivity index (χ2n) is 3.94. The molecule has 2 N–H and O–H groups in total. The highest BCUT2D eigenvalue weighted by atomic mass is 35.5. The third-order valence-electron chi connectivity index (χ3n) is 3.04. The molecule has 82 valence electrons. The van der Waals surface area contributed by atoms with Crippen LogP contribution in [0.4, 0.5) is 0 Å². The van der Waals surface area contributed by atoms with Crippen LogP contribution >= 0.6 is 12.4 Å².